The lowest BCUT2D eigenvalue weighted by atomic mass is 9.94. The summed E-state index contributed by atoms with van der Waals surface area (Å²) in [5, 5.41) is 0.741. The van der Waals surface area contributed by atoms with Gasteiger partial charge in [-0.2, -0.15) is 0 Å². The first-order valence-corrected chi connectivity index (χ1v) is 9.21. The van der Waals surface area contributed by atoms with Gasteiger partial charge in [-0.1, -0.05) is 44.0 Å². The molecule has 0 spiro atoms. The standard InChI is InChI=1S/C22H28N2O2/c1-5-7-8-19-16(4)13-15(3)14-20(19)22(26)24(23)21(25)18-11-9-17(6-2)10-12-18/h9-14H,5-8,23H2,1-4H3. The zero-order chi connectivity index (χ0) is 19.3. The number of carbonyl (C=O) groups is 2. The van der Waals surface area contributed by atoms with Gasteiger partial charge in [0, 0.05) is 11.1 Å². The molecule has 0 aromatic heterocycles. The smallest absolute Gasteiger partial charge is 0.267 e. The largest absolute Gasteiger partial charge is 0.275 e. The number of imide groups is 1. The number of nitrogens with two attached hydrogens (primary N) is 1. The van der Waals surface area contributed by atoms with E-state index in [9.17, 15) is 9.59 Å². The van der Waals surface area contributed by atoms with Gasteiger partial charge in [0.25, 0.3) is 11.8 Å². The van der Waals surface area contributed by atoms with E-state index in [4.69, 9.17) is 5.84 Å². The van der Waals surface area contributed by atoms with Crippen LogP contribution in [0.5, 0.6) is 0 Å². The van der Waals surface area contributed by atoms with Crippen molar-refractivity contribution in [1.82, 2.24) is 5.01 Å². The zero-order valence-corrected chi connectivity index (χ0v) is 16.1. The fourth-order valence-corrected chi connectivity index (χ4v) is 3.12. The Labute approximate surface area is 156 Å². The summed E-state index contributed by atoms with van der Waals surface area (Å²) in [6.45, 7) is 8.11. The minimum Gasteiger partial charge on any atom is -0.267 e. The second kappa shape index (κ2) is 8.77. The lowest BCUT2D eigenvalue weighted by Crippen LogP contribution is -2.43. The third kappa shape index (κ3) is 4.38. The predicted molar refractivity (Wildman–Crippen MR) is 105 cm³/mol. The van der Waals surface area contributed by atoms with E-state index in [1.54, 1.807) is 12.1 Å². The number of hydrazine groups is 1. The minimum atomic E-state index is -0.488. The van der Waals surface area contributed by atoms with Crippen molar-refractivity contribution in [1.29, 1.82) is 0 Å². The highest BCUT2D eigenvalue weighted by molar-refractivity contribution is 6.10. The molecule has 2 amide bonds. The van der Waals surface area contributed by atoms with Crippen molar-refractivity contribution in [2.45, 2.75) is 53.4 Å². The molecule has 26 heavy (non-hydrogen) atoms. The van der Waals surface area contributed by atoms with Crippen LogP contribution in [0.1, 0.15) is 69.7 Å². The topological polar surface area (TPSA) is 63.4 Å². The highest BCUT2D eigenvalue weighted by atomic mass is 16.2. The van der Waals surface area contributed by atoms with E-state index in [1.165, 1.54) is 0 Å². The molecule has 0 heterocycles. The zero-order valence-electron chi connectivity index (χ0n) is 16.1. The van der Waals surface area contributed by atoms with Gasteiger partial charge >= 0.3 is 0 Å². The van der Waals surface area contributed by atoms with Crippen LogP contribution in [-0.4, -0.2) is 16.8 Å². The number of nitrogens with zero attached hydrogens (tertiary/aromatic N) is 1. The van der Waals surface area contributed by atoms with Gasteiger partial charge in [0.05, 0.1) is 0 Å². The van der Waals surface area contributed by atoms with Gasteiger partial charge in [-0.3, -0.25) is 9.59 Å². The molecule has 0 unspecified atom stereocenters. The lowest BCUT2D eigenvalue weighted by molar-refractivity contribution is 0.0614. The molecule has 0 saturated carbocycles. The Bertz CT molecular complexity index is 795. The van der Waals surface area contributed by atoms with E-state index >= 15 is 0 Å². The highest BCUT2D eigenvalue weighted by Gasteiger charge is 2.24. The van der Waals surface area contributed by atoms with Crippen molar-refractivity contribution in [2.75, 3.05) is 0 Å². The Morgan fingerprint density at radius 3 is 2.23 bits per heavy atom. The van der Waals surface area contributed by atoms with Gasteiger partial charge in [-0.05, 0) is 68.0 Å². The van der Waals surface area contributed by atoms with Gasteiger partial charge in [-0.25, -0.2) is 10.9 Å². The summed E-state index contributed by atoms with van der Waals surface area (Å²) in [4.78, 5) is 25.6. The van der Waals surface area contributed by atoms with Crippen LogP contribution in [0.4, 0.5) is 0 Å². The van der Waals surface area contributed by atoms with Crippen molar-refractivity contribution in [2.24, 2.45) is 5.84 Å². The van der Waals surface area contributed by atoms with E-state index in [0.29, 0.717) is 11.1 Å². The molecule has 0 fully saturated rings. The van der Waals surface area contributed by atoms with E-state index in [0.717, 1.165) is 52.9 Å². The van der Waals surface area contributed by atoms with E-state index in [-0.39, 0.29) is 0 Å². The first-order chi connectivity index (χ1) is 12.4. The molecular weight excluding hydrogens is 324 g/mol. The first-order valence-electron chi connectivity index (χ1n) is 9.21. The van der Waals surface area contributed by atoms with Crippen LogP contribution >= 0.6 is 0 Å². The maximum absolute atomic E-state index is 13.0. The minimum absolute atomic E-state index is 0.414. The van der Waals surface area contributed by atoms with Crippen LogP contribution in [-0.2, 0) is 12.8 Å². The van der Waals surface area contributed by atoms with Crippen LogP contribution in [0.25, 0.3) is 0 Å². The Balaban J connectivity index is 2.33. The Kier molecular flexibility index (Phi) is 6.70. The second-order valence-corrected chi connectivity index (χ2v) is 6.74. The molecule has 0 bridgehead atoms. The summed E-state index contributed by atoms with van der Waals surface area (Å²) in [5.74, 6) is 4.99. The quantitative estimate of drug-likeness (QED) is 0.363. The molecule has 4 heteroatoms. The monoisotopic (exact) mass is 352 g/mol. The molecule has 4 nitrogen and oxygen atoms in total. The fraction of sp³-hybridized carbons (Fsp3) is 0.364. The second-order valence-electron chi connectivity index (χ2n) is 6.74. The first kappa shape index (κ1) is 19.9. The molecule has 2 aromatic rings. The number of hydrogen-bond acceptors (Lipinski definition) is 3. The van der Waals surface area contributed by atoms with Gasteiger partial charge in [0.15, 0.2) is 0 Å². The highest BCUT2D eigenvalue weighted by Crippen LogP contribution is 2.21. The van der Waals surface area contributed by atoms with Crippen LogP contribution in [0.15, 0.2) is 36.4 Å². The lowest BCUT2D eigenvalue weighted by Gasteiger charge is -2.19. The van der Waals surface area contributed by atoms with Crippen molar-refractivity contribution < 1.29 is 9.59 Å². The maximum atomic E-state index is 13.0. The number of unbranched alkanes of at least 4 members (excludes halogenated alkanes) is 1. The summed E-state index contributed by atoms with van der Waals surface area (Å²) >= 11 is 0. The van der Waals surface area contributed by atoms with E-state index in [2.05, 4.69) is 13.0 Å². The van der Waals surface area contributed by atoms with Gasteiger partial charge in [-0.15, -0.1) is 0 Å². The average Bonchev–Trinajstić information content (AvgIpc) is 2.65. The molecule has 0 aliphatic heterocycles. The Morgan fingerprint density at radius 1 is 1.00 bits per heavy atom. The van der Waals surface area contributed by atoms with Crippen LogP contribution in [0.3, 0.4) is 0 Å². The van der Waals surface area contributed by atoms with Crippen molar-refractivity contribution in [3.63, 3.8) is 0 Å². The third-order valence-electron chi connectivity index (χ3n) is 4.67. The molecule has 2 aromatic carbocycles. The summed E-state index contributed by atoms with van der Waals surface area (Å²) in [7, 11) is 0. The van der Waals surface area contributed by atoms with E-state index in [1.807, 2.05) is 39.0 Å². The van der Waals surface area contributed by atoms with Crippen molar-refractivity contribution >= 4 is 11.8 Å². The number of benzene rings is 2. The number of carbonyl (C=O) groups excluding carboxylic acids is 2. The molecule has 138 valence electrons. The summed E-state index contributed by atoms with van der Waals surface area (Å²) < 4.78 is 0. The molecule has 0 aliphatic carbocycles. The number of amides is 2. The molecule has 2 rings (SSSR count). The molecule has 0 saturated heterocycles. The van der Waals surface area contributed by atoms with Crippen LogP contribution in [0, 0.1) is 13.8 Å². The average molecular weight is 352 g/mol. The molecule has 0 radical (unpaired) electrons. The number of aryl methyl sites for hydroxylation is 3. The SMILES string of the molecule is CCCCc1c(C)cc(C)cc1C(=O)N(N)C(=O)c1ccc(CC)cc1. The Morgan fingerprint density at radius 2 is 1.65 bits per heavy atom. The maximum Gasteiger partial charge on any atom is 0.275 e. The van der Waals surface area contributed by atoms with Crippen LogP contribution in [0.2, 0.25) is 0 Å². The Hall–Kier alpha value is -2.46. The molecular formula is C22H28N2O2. The molecule has 0 aliphatic rings. The summed E-state index contributed by atoms with van der Waals surface area (Å²) in [5.41, 5.74) is 5.10. The van der Waals surface area contributed by atoms with E-state index < -0.39 is 11.8 Å². The van der Waals surface area contributed by atoms with Gasteiger partial charge in [0.1, 0.15) is 0 Å². The molecule has 2 N–H and O–H groups in total. The van der Waals surface area contributed by atoms with Gasteiger partial charge < -0.3 is 0 Å². The van der Waals surface area contributed by atoms with Crippen LogP contribution < -0.4 is 5.84 Å². The fourth-order valence-electron chi connectivity index (χ4n) is 3.12. The molecule has 0 atom stereocenters. The van der Waals surface area contributed by atoms with Gasteiger partial charge in [0.2, 0.25) is 0 Å². The predicted octanol–water partition coefficient (Wildman–Crippen LogP) is 4.36. The third-order valence-corrected chi connectivity index (χ3v) is 4.67. The normalized spacial score (nSPS) is 10.7. The summed E-state index contributed by atoms with van der Waals surface area (Å²) in [6, 6.07) is 11.1. The van der Waals surface area contributed by atoms with Crippen molar-refractivity contribution in [3.05, 3.63) is 69.8 Å². The number of hydrogen-bond donors (Lipinski definition) is 1. The van der Waals surface area contributed by atoms with Crippen molar-refractivity contribution in [3.8, 4) is 0 Å². The summed E-state index contributed by atoms with van der Waals surface area (Å²) in [6.07, 6.45) is 3.72. The number of rotatable bonds is 6.